The average Bonchev–Trinajstić information content (AvgIpc) is 3.08. The summed E-state index contributed by atoms with van der Waals surface area (Å²) in [4.78, 5) is 4.32. The van der Waals surface area contributed by atoms with Crippen LogP contribution < -0.4 is 5.32 Å². The summed E-state index contributed by atoms with van der Waals surface area (Å²) in [7, 11) is 0. The van der Waals surface area contributed by atoms with Crippen LogP contribution in [-0.4, -0.2) is 24.1 Å². The number of nitrogens with zero attached hydrogens (tertiary/aromatic N) is 3. The second kappa shape index (κ2) is 4.58. The van der Waals surface area contributed by atoms with Crippen molar-refractivity contribution < 1.29 is 4.52 Å². The van der Waals surface area contributed by atoms with Gasteiger partial charge in [0.1, 0.15) is 6.07 Å². The zero-order valence-electron chi connectivity index (χ0n) is 10.5. The minimum absolute atomic E-state index is 0.287. The van der Waals surface area contributed by atoms with Gasteiger partial charge in [-0.3, -0.25) is 4.99 Å². The van der Waals surface area contributed by atoms with E-state index in [2.05, 4.69) is 21.5 Å². The molecule has 1 aromatic carbocycles. The van der Waals surface area contributed by atoms with Crippen molar-refractivity contribution in [2.24, 2.45) is 4.99 Å². The summed E-state index contributed by atoms with van der Waals surface area (Å²) in [6.45, 7) is 3.52. The number of aromatic nitrogens is 1. The van der Waals surface area contributed by atoms with Gasteiger partial charge in [0.15, 0.2) is 11.5 Å². The van der Waals surface area contributed by atoms with Gasteiger partial charge in [0, 0.05) is 6.54 Å². The predicted octanol–water partition coefficient (Wildman–Crippen LogP) is 1.87. The summed E-state index contributed by atoms with van der Waals surface area (Å²) in [5.74, 6) is 1.21. The molecule has 0 radical (unpaired) electrons. The smallest absolute Gasteiger partial charge is 0.210 e. The van der Waals surface area contributed by atoms with Crippen molar-refractivity contribution in [3.8, 4) is 17.2 Å². The molecule has 0 saturated heterocycles. The predicted molar refractivity (Wildman–Crippen MR) is 70.8 cm³/mol. The SMILES string of the molecule is Cc1ccc(-c2c(C#N)noc2C2=NCCN2)cc1. The lowest BCUT2D eigenvalue weighted by Gasteiger charge is -2.03. The molecule has 0 amide bonds. The number of rotatable bonds is 2. The molecule has 1 aromatic heterocycles. The van der Waals surface area contributed by atoms with Crippen molar-refractivity contribution in [1.29, 1.82) is 5.26 Å². The summed E-state index contributed by atoms with van der Waals surface area (Å²) >= 11 is 0. The van der Waals surface area contributed by atoms with Crippen molar-refractivity contribution in [3.05, 3.63) is 41.3 Å². The second-order valence-electron chi connectivity index (χ2n) is 4.37. The van der Waals surface area contributed by atoms with Crippen molar-refractivity contribution in [1.82, 2.24) is 10.5 Å². The maximum atomic E-state index is 9.16. The summed E-state index contributed by atoms with van der Waals surface area (Å²) < 4.78 is 5.29. The quantitative estimate of drug-likeness (QED) is 0.885. The van der Waals surface area contributed by atoms with Gasteiger partial charge in [0.05, 0.1) is 12.1 Å². The maximum absolute atomic E-state index is 9.16. The van der Waals surface area contributed by atoms with E-state index in [0.29, 0.717) is 23.7 Å². The normalized spacial score (nSPS) is 13.8. The first-order valence-electron chi connectivity index (χ1n) is 6.05. The Morgan fingerprint density at radius 3 is 2.74 bits per heavy atom. The fourth-order valence-corrected chi connectivity index (χ4v) is 2.07. The second-order valence-corrected chi connectivity index (χ2v) is 4.37. The number of aliphatic imine (C=N–C) groups is 1. The van der Waals surface area contributed by atoms with E-state index in [1.165, 1.54) is 0 Å². The van der Waals surface area contributed by atoms with Crippen LogP contribution in [-0.2, 0) is 0 Å². The van der Waals surface area contributed by atoms with E-state index in [4.69, 9.17) is 9.78 Å². The van der Waals surface area contributed by atoms with Gasteiger partial charge in [-0.15, -0.1) is 0 Å². The zero-order chi connectivity index (χ0) is 13.2. The Balaban J connectivity index is 2.15. The highest BCUT2D eigenvalue weighted by molar-refractivity contribution is 6.03. The Bertz CT molecular complexity index is 676. The molecule has 0 unspecified atom stereocenters. The zero-order valence-corrected chi connectivity index (χ0v) is 10.5. The highest BCUT2D eigenvalue weighted by Crippen LogP contribution is 2.28. The van der Waals surface area contributed by atoms with Gasteiger partial charge in [0.2, 0.25) is 5.76 Å². The van der Waals surface area contributed by atoms with Gasteiger partial charge >= 0.3 is 0 Å². The van der Waals surface area contributed by atoms with Crippen LogP contribution >= 0.6 is 0 Å². The number of nitrogens with one attached hydrogen (secondary N) is 1. The van der Waals surface area contributed by atoms with E-state index in [1.807, 2.05) is 31.2 Å². The molecule has 2 heterocycles. The third-order valence-electron chi connectivity index (χ3n) is 3.03. The molecule has 0 fully saturated rings. The third-order valence-corrected chi connectivity index (χ3v) is 3.03. The van der Waals surface area contributed by atoms with Crippen LogP contribution in [0, 0.1) is 18.3 Å². The number of aryl methyl sites for hydroxylation is 1. The average molecular weight is 252 g/mol. The van der Waals surface area contributed by atoms with Crippen molar-refractivity contribution in [2.45, 2.75) is 6.92 Å². The molecule has 1 aliphatic heterocycles. The minimum Gasteiger partial charge on any atom is -0.365 e. The van der Waals surface area contributed by atoms with Crippen LogP contribution in [0.25, 0.3) is 11.1 Å². The number of nitriles is 1. The first kappa shape index (κ1) is 11.5. The Morgan fingerprint density at radius 2 is 2.11 bits per heavy atom. The van der Waals surface area contributed by atoms with Gasteiger partial charge < -0.3 is 9.84 Å². The molecule has 0 spiro atoms. The Hall–Kier alpha value is -2.61. The molecule has 94 valence electrons. The molecule has 2 aromatic rings. The fraction of sp³-hybridized carbons (Fsp3) is 0.214. The van der Waals surface area contributed by atoms with Gasteiger partial charge in [-0.25, -0.2) is 0 Å². The van der Waals surface area contributed by atoms with Crippen molar-refractivity contribution >= 4 is 5.84 Å². The Morgan fingerprint density at radius 1 is 1.32 bits per heavy atom. The summed E-state index contributed by atoms with van der Waals surface area (Å²) in [6, 6.07) is 9.98. The van der Waals surface area contributed by atoms with E-state index >= 15 is 0 Å². The highest BCUT2D eigenvalue weighted by Gasteiger charge is 2.23. The Labute approximate surface area is 110 Å². The number of hydrogen-bond acceptors (Lipinski definition) is 5. The van der Waals surface area contributed by atoms with Crippen LogP contribution in [0.4, 0.5) is 0 Å². The standard InChI is InChI=1S/C14H12N4O/c1-9-2-4-10(5-3-9)12-11(8-15)18-19-13(12)14-16-6-7-17-14/h2-5H,6-7H2,1H3,(H,16,17). The molecule has 19 heavy (non-hydrogen) atoms. The fourth-order valence-electron chi connectivity index (χ4n) is 2.07. The summed E-state index contributed by atoms with van der Waals surface area (Å²) in [5.41, 5.74) is 3.07. The molecule has 1 aliphatic rings. The van der Waals surface area contributed by atoms with Gasteiger partial charge in [-0.1, -0.05) is 35.0 Å². The van der Waals surface area contributed by atoms with Gasteiger partial charge in [-0.05, 0) is 12.5 Å². The molecular formula is C14H12N4O. The first-order valence-corrected chi connectivity index (χ1v) is 6.05. The molecule has 0 bridgehead atoms. The molecule has 0 saturated carbocycles. The van der Waals surface area contributed by atoms with Gasteiger partial charge in [0.25, 0.3) is 0 Å². The summed E-state index contributed by atoms with van der Waals surface area (Å²) in [5, 5.41) is 16.1. The molecule has 3 rings (SSSR count). The lowest BCUT2D eigenvalue weighted by Crippen LogP contribution is -2.19. The number of hydrogen-bond donors (Lipinski definition) is 1. The topological polar surface area (TPSA) is 74.2 Å². The molecule has 5 nitrogen and oxygen atoms in total. The van der Waals surface area contributed by atoms with E-state index in [9.17, 15) is 0 Å². The Kier molecular flexibility index (Phi) is 2.76. The van der Waals surface area contributed by atoms with E-state index < -0.39 is 0 Å². The van der Waals surface area contributed by atoms with Crippen LogP contribution in [0.3, 0.4) is 0 Å². The lowest BCUT2D eigenvalue weighted by molar-refractivity contribution is 0.410. The number of benzene rings is 1. The monoisotopic (exact) mass is 252 g/mol. The molecule has 5 heteroatoms. The van der Waals surface area contributed by atoms with Crippen LogP contribution in [0.5, 0.6) is 0 Å². The highest BCUT2D eigenvalue weighted by atomic mass is 16.5. The van der Waals surface area contributed by atoms with E-state index in [1.54, 1.807) is 0 Å². The summed E-state index contributed by atoms with van der Waals surface area (Å²) in [6.07, 6.45) is 0. The van der Waals surface area contributed by atoms with Crippen LogP contribution in [0.15, 0.2) is 33.8 Å². The molecular weight excluding hydrogens is 240 g/mol. The van der Waals surface area contributed by atoms with Crippen LogP contribution in [0.2, 0.25) is 0 Å². The molecule has 1 N–H and O–H groups in total. The van der Waals surface area contributed by atoms with Crippen molar-refractivity contribution in [3.63, 3.8) is 0 Å². The van der Waals surface area contributed by atoms with E-state index in [-0.39, 0.29) is 5.69 Å². The maximum Gasteiger partial charge on any atom is 0.210 e. The number of amidine groups is 1. The van der Waals surface area contributed by atoms with Crippen molar-refractivity contribution in [2.75, 3.05) is 13.1 Å². The largest absolute Gasteiger partial charge is 0.365 e. The first-order chi connectivity index (χ1) is 9.29. The van der Waals surface area contributed by atoms with Gasteiger partial charge in [-0.2, -0.15) is 5.26 Å². The lowest BCUT2D eigenvalue weighted by atomic mass is 10.0. The molecule has 0 atom stereocenters. The van der Waals surface area contributed by atoms with Crippen LogP contribution in [0.1, 0.15) is 17.0 Å². The van der Waals surface area contributed by atoms with E-state index in [0.717, 1.165) is 17.7 Å². The molecule has 0 aliphatic carbocycles. The minimum atomic E-state index is 0.287. The third kappa shape index (κ3) is 1.97.